The van der Waals surface area contributed by atoms with Crippen LogP contribution in [0.5, 0.6) is 0 Å². The van der Waals surface area contributed by atoms with Crippen LogP contribution in [0, 0.1) is 0 Å². The molecule has 0 bridgehead atoms. The first-order chi connectivity index (χ1) is 7.22. The number of rotatable bonds is 5. The number of hydrogen-bond acceptors (Lipinski definition) is 3. The number of hydrogen-bond donors (Lipinski definition) is 0. The highest BCUT2D eigenvalue weighted by atomic mass is 16.5. The molecule has 1 fully saturated rings. The Morgan fingerprint density at radius 2 is 2.20 bits per heavy atom. The first-order valence-electron chi connectivity index (χ1n) is 5.54. The van der Waals surface area contributed by atoms with Crippen molar-refractivity contribution in [2.24, 2.45) is 0 Å². The second kappa shape index (κ2) is 6.08. The molecule has 0 aromatic rings. The zero-order valence-corrected chi connectivity index (χ0v) is 9.86. The number of nitrogens with zero attached hydrogens (tertiary/aromatic N) is 1. The van der Waals surface area contributed by atoms with E-state index < -0.39 is 0 Å². The lowest BCUT2D eigenvalue weighted by Gasteiger charge is -2.23. The summed E-state index contributed by atoms with van der Waals surface area (Å²) in [6, 6.07) is 0.194. The molecule has 1 amide bonds. The molecule has 0 radical (unpaired) electrons. The van der Waals surface area contributed by atoms with Crippen LogP contribution in [-0.2, 0) is 14.3 Å². The highest BCUT2D eigenvalue weighted by Gasteiger charge is 2.34. The first kappa shape index (κ1) is 12.5. The second-order valence-corrected chi connectivity index (χ2v) is 4.00. The molecule has 0 saturated carbocycles. The van der Waals surface area contributed by atoms with Crippen LogP contribution in [0.3, 0.4) is 0 Å². The van der Waals surface area contributed by atoms with Crippen LogP contribution in [0.4, 0.5) is 0 Å². The maximum Gasteiger partial charge on any atom is 0.222 e. The lowest BCUT2D eigenvalue weighted by molar-refractivity contribution is -0.133. The van der Waals surface area contributed by atoms with Gasteiger partial charge in [0.05, 0.1) is 18.8 Å². The molecule has 2 atom stereocenters. The summed E-state index contributed by atoms with van der Waals surface area (Å²) in [5, 5.41) is 0. The van der Waals surface area contributed by atoms with Crippen molar-refractivity contribution < 1.29 is 14.3 Å². The molecule has 1 unspecified atom stereocenters. The Morgan fingerprint density at radius 3 is 2.73 bits per heavy atom. The van der Waals surface area contributed by atoms with E-state index in [1.807, 2.05) is 11.8 Å². The molecule has 4 nitrogen and oxygen atoms in total. The van der Waals surface area contributed by atoms with E-state index in [9.17, 15) is 4.79 Å². The average molecular weight is 215 g/mol. The van der Waals surface area contributed by atoms with E-state index in [1.165, 1.54) is 0 Å². The number of carbonyl (C=O) groups excluding carboxylic acids is 1. The summed E-state index contributed by atoms with van der Waals surface area (Å²) in [5.41, 5.74) is 0. The number of methoxy groups -OCH3 is 2. The third-order valence-corrected chi connectivity index (χ3v) is 2.85. The number of likely N-dealkylation sites (tertiary alicyclic amines) is 1. The summed E-state index contributed by atoms with van der Waals surface area (Å²) in [6.07, 6.45) is 2.58. The molecule has 0 N–H and O–H groups in total. The van der Waals surface area contributed by atoms with Gasteiger partial charge in [-0.05, 0) is 12.8 Å². The van der Waals surface area contributed by atoms with Crippen LogP contribution >= 0.6 is 0 Å². The summed E-state index contributed by atoms with van der Waals surface area (Å²) in [5.74, 6) is 0.221. The fourth-order valence-corrected chi connectivity index (χ4v) is 2.06. The summed E-state index contributed by atoms with van der Waals surface area (Å²) < 4.78 is 10.4. The molecule has 0 aromatic heterocycles. The van der Waals surface area contributed by atoms with E-state index in [4.69, 9.17) is 9.47 Å². The van der Waals surface area contributed by atoms with Gasteiger partial charge in [0.15, 0.2) is 0 Å². The van der Waals surface area contributed by atoms with E-state index in [1.54, 1.807) is 14.2 Å². The van der Waals surface area contributed by atoms with Crippen molar-refractivity contribution in [2.45, 2.75) is 38.3 Å². The van der Waals surface area contributed by atoms with Gasteiger partial charge in [0.1, 0.15) is 0 Å². The SMILES string of the molecule is CCCC(=O)N1C[C@H](OC)CC1COC. The molecule has 0 spiro atoms. The highest BCUT2D eigenvalue weighted by Crippen LogP contribution is 2.21. The predicted molar refractivity (Wildman–Crippen MR) is 57.7 cm³/mol. The molecular formula is C11H21NO3. The first-order valence-corrected chi connectivity index (χ1v) is 5.54. The van der Waals surface area contributed by atoms with Gasteiger partial charge in [-0.3, -0.25) is 4.79 Å². The Bertz CT molecular complexity index is 208. The van der Waals surface area contributed by atoms with Gasteiger partial charge in [-0.2, -0.15) is 0 Å². The lowest BCUT2D eigenvalue weighted by atomic mass is 10.2. The molecule has 0 aliphatic carbocycles. The van der Waals surface area contributed by atoms with Gasteiger partial charge in [0.2, 0.25) is 5.91 Å². The largest absolute Gasteiger partial charge is 0.383 e. The number of amides is 1. The molecule has 1 aliphatic heterocycles. The second-order valence-electron chi connectivity index (χ2n) is 4.00. The van der Waals surface area contributed by atoms with Crippen molar-refractivity contribution in [3.05, 3.63) is 0 Å². The smallest absolute Gasteiger partial charge is 0.222 e. The number of carbonyl (C=O) groups is 1. The Labute approximate surface area is 91.5 Å². The molecule has 15 heavy (non-hydrogen) atoms. The Balaban J connectivity index is 2.55. The zero-order chi connectivity index (χ0) is 11.3. The van der Waals surface area contributed by atoms with Crippen LogP contribution in [0.15, 0.2) is 0 Å². The molecule has 1 saturated heterocycles. The fourth-order valence-electron chi connectivity index (χ4n) is 2.06. The van der Waals surface area contributed by atoms with Gasteiger partial charge < -0.3 is 14.4 Å². The van der Waals surface area contributed by atoms with Crippen LogP contribution in [0.25, 0.3) is 0 Å². The average Bonchev–Trinajstić information content (AvgIpc) is 2.62. The van der Waals surface area contributed by atoms with Gasteiger partial charge in [0, 0.05) is 27.2 Å². The van der Waals surface area contributed by atoms with Gasteiger partial charge in [-0.1, -0.05) is 6.92 Å². The van der Waals surface area contributed by atoms with Crippen LogP contribution in [-0.4, -0.2) is 50.3 Å². The Hall–Kier alpha value is -0.610. The molecule has 1 aliphatic rings. The Morgan fingerprint density at radius 1 is 1.47 bits per heavy atom. The van der Waals surface area contributed by atoms with Gasteiger partial charge in [0.25, 0.3) is 0 Å². The minimum absolute atomic E-state index is 0.172. The van der Waals surface area contributed by atoms with Crippen LogP contribution in [0.2, 0.25) is 0 Å². The van der Waals surface area contributed by atoms with Gasteiger partial charge >= 0.3 is 0 Å². The summed E-state index contributed by atoms with van der Waals surface area (Å²) >= 11 is 0. The zero-order valence-electron chi connectivity index (χ0n) is 9.86. The van der Waals surface area contributed by atoms with Crippen LogP contribution < -0.4 is 0 Å². The quantitative estimate of drug-likeness (QED) is 0.688. The fraction of sp³-hybridized carbons (Fsp3) is 0.909. The molecular weight excluding hydrogens is 194 g/mol. The van der Waals surface area contributed by atoms with Gasteiger partial charge in [-0.15, -0.1) is 0 Å². The highest BCUT2D eigenvalue weighted by molar-refractivity contribution is 5.76. The lowest BCUT2D eigenvalue weighted by Crippen LogP contribution is -2.38. The van der Waals surface area contributed by atoms with E-state index in [2.05, 4.69) is 0 Å². The van der Waals surface area contributed by atoms with Crippen molar-refractivity contribution in [1.29, 1.82) is 0 Å². The summed E-state index contributed by atoms with van der Waals surface area (Å²) in [6.45, 7) is 3.34. The molecule has 88 valence electrons. The van der Waals surface area contributed by atoms with E-state index in [-0.39, 0.29) is 18.1 Å². The Kier molecular flexibility index (Phi) is 5.05. The normalized spacial score (nSPS) is 25.9. The molecule has 1 heterocycles. The maximum atomic E-state index is 11.8. The van der Waals surface area contributed by atoms with E-state index >= 15 is 0 Å². The topological polar surface area (TPSA) is 38.8 Å². The number of ether oxygens (including phenoxy) is 2. The van der Waals surface area contributed by atoms with Crippen molar-refractivity contribution in [3.8, 4) is 0 Å². The van der Waals surface area contributed by atoms with Gasteiger partial charge in [-0.25, -0.2) is 0 Å². The minimum atomic E-state index is 0.172. The van der Waals surface area contributed by atoms with Crippen molar-refractivity contribution in [1.82, 2.24) is 4.90 Å². The minimum Gasteiger partial charge on any atom is -0.383 e. The molecule has 0 aromatic carbocycles. The van der Waals surface area contributed by atoms with E-state index in [0.717, 1.165) is 12.8 Å². The third-order valence-electron chi connectivity index (χ3n) is 2.85. The predicted octanol–water partition coefficient (Wildman–Crippen LogP) is 1.05. The molecule has 4 heteroatoms. The maximum absolute atomic E-state index is 11.8. The van der Waals surface area contributed by atoms with E-state index in [0.29, 0.717) is 19.6 Å². The van der Waals surface area contributed by atoms with Crippen LogP contribution in [0.1, 0.15) is 26.2 Å². The van der Waals surface area contributed by atoms with Crippen molar-refractivity contribution in [3.63, 3.8) is 0 Å². The van der Waals surface area contributed by atoms with Crippen molar-refractivity contribution >= 4 is 5.91 Å². The summed E-state index contributed by atoms with van der Waals surface area (Å²) in [4.78, 5) is 13.7. The third kappa shape index (κ3) is 3.18. The molecule has 1 rings (SSSR count). The monoisotopic (exact) mass is 215 g/mol. The van der Waals surface area contributed by atoms with Crippen molar-refractivity contribution in [2.75, 3.05) is 27.4 Å². The summed E-state index contributed by atoms with van der Waals surface area (Å²) in [7, 11) is 3.37. The standard InChI is InChI=1S/C11H21NO3/c1-4-5-11(13)12-7-10(15-3)6-9(12)8-14-2/h9-10H,4-8H2,1-3H3/t9?,10-/m1/s1.